The van der Waals surface area contributed by atoms with E-state index in [1.807, 2.05) is 36.0 Å². The minimum atomic E-state index is -0.118. The number of piperidine rings is 1. The Morgan fingerprint density at radius 3 is 3.00 bits per heavy atom. The van der Waals surface area contributed by atoms with Gasteiger partial charge >= 0.3 is 0 Å². The summed E-state index contributed by atoms with van der Waals surface area (Å²) in [7, 11) is 1.64. The summed E-state index contributed by atoms with van der Waals surface area (Å²) in [5, 5.41) is 10.8. The molecule has 1 aromatic carbocycles. The van der Waals surface area contributed by atoms with Crippen molar-refractivity contribution >= 4 is 5.91 Å². The molecule has 1 aliphatic heterocycles. The van der Waals surface area contributed by atoms with Crippen LogP contribution in [0, 0.1) is 0 Å². The lowest BCUT2D eigenvalue weighted by atomic mass is 10.1. The Kier molecular flexibility index (Phi) is 7.31. The minimum Gasteiger partial charge on any atom is -0.493 e. The van der Waals surface area contributed by atoms with Gasteiger partial charge in [-0.15, -0.1) is 0 Å². The lowest BCUT2D eigenvalue weighted by Crippen LogP contribution is -2.32. The van der Waals surface area contributed by atoms with Crippen LogP contribution in [0.4, 0.5) is 0 Å². The highest BCUT2D eigenvalue weighted by Gasteiger charge is 2.17. The van der Waals surface area contributed by atoms with E-state index in [9.17, 15) is 4.79 Å². The Labute approximate surface area is 166 Å². The molecule has 0 aliphatic carbocycles. The molecular formula is C21H30N4O3. The van der Waals surface area contributed by atoms with E-state index in [1.165, 1.54) is 0 Å². The summed E-state index contributed by atoms with van der Waals surface area (Å²) >= 11 is 0. The summed E-state index contributed by atoms with van der Waals surface area (Å²) in [6, 6.07) is 8.09. The second kappa shape index (κ2) is 10.1. The van der Waals surface area contributed by atoms with Crippen LogP contribution in [-0.2, 0) is 6.42 Å². The highest BCUT2D eigenvalue weighted by atomic mass is 16.5. The number of methoxy groups -OCH3 is 1. The molecular weight excluding hydrogens is 356 g/mol. The van der Waals surface area contributed by atoms with Gasteiger partial charge < -0.3 is 20.1 Å². The van der Waals surface area contributed by atoms with Gasteiger partial charge in [0.15, 0.2) is 11.5 Å². The molecule has 1 fully saturated rings. The number of nitrogens with zero attached hydrogens (tertiary/aromatic N) is 2. The van der Waals surface area contributed by atoms with Crippen LogP contribution in [0.1, 0.15) is 48.3 Å². The monoisotopic (exact) mass is 386 g/mol. The number of carbonyl (C=O) groups excluding carboxylic acids is 1. The molecule has 1 atom stereocenters. The molecule has 0 spiro atoms. The molecule has 1 aliphatic rings. The molecule has 1 unspecified atom stereocenters. The Morgan fingerprint density at radius 2 is 2.25 bits per heavy atom. The maximum Gasteiger partial charge on any atom is 0.271 e. The fraction of sp³-hybridized carbons (Fsp3) is 0.524. The van der Waals surface area contributed by atoms with E-state index in [4.69, 9.17) is 9.47 Å². The van der Waals surface area contributed by atoms with Crippen LogP contribution in [0.25, 0.3) is 0 Å². The van der Waals surface area contributed by atoms with Crippen molar-refractivity contribution in [1.82, 2.24) is 20.4 Å². The number of ether oxygens (including phenoxy) is 2. The number of hydrogen-bond donors (Lipinski definition) is 2. The molecule has 0 saturated carbocycles. The van der Waals surface area contributed by atoms with Gasteiger partial charge in [-0.05, 0) is 62.9 Å². The third-order valence-electron chi connectivity index (χ3n) is 4.94. The molecule has 28 heavy (non-hydrogen) atoms. The average molecular weight is 386 g/mol. The molecule has 2 aromatic rings. The van der Waals surface area contributed by atoms with Crippen molar-refractivity contribution in [3.05, 3.63) is 41.7 Å². The number of benzene rings is 1. The topological polar surface area (TPSA) is 77.4 Å². The molecule has 1 aromatic heterocycles. The van der Waals surface area contributed by atoms with Gasteiger partial charge in [0, 0.05) is 19.3 Å². The van der Waals surface area contributed by atoms with Gasteiger partial charge in [0.2, 0.25) is 0 Å². The highest BCUT2D eigenvalue weighted by molar-refractivity contribution is 5.92. The van der Waals surface area contributed by atoms with Gasteiger partial charge in [-0.3, -0.25) is 9.48 Å². The lowest BCUT2D eigenvalue weighted by Gasteiger charge is -2.22. The number of amides is 1. The first-order chi connectivity index (χ1) is 13.7. The normalized spacial score (nSPS) is 16.6. The summed E-state index contributed by atoms with van der Waals surface area (Å²) in [5.74, 6) is 1.38. The van der Waals surface area contributed by atoms with Crippen LogP contribution in [0.15, 0.2) is 30.5 Å². The molecule has 2 heterocycles. The van der Waals surface area contributed by atoms with Crippen molar-refractivity contribution in [1.29, 1.82) is 0 Å². The predicted molar refractivity (Wildman–Crippen MR) is 108 cm³/mol. The molecule has 0 bridgehead atoms. The van der Waals surface area contributed by atoms with E-state index in [2.05, 4.69) is 15.7 Å². The number of carbonyl (C=O) groups is 1. The Balaban J connectivity index is 1.45. The Hall–Kier alpha value is -2.54. The first-order valence-electron chi connectivity index (χ1n) is 10.0. The summed E-state index contributed by atoms with van der Waals surface area (Å²) in [6.45, 7) is 5.12. The number of aromatic nitrogens is 2. The number of hydrogen-bond acceptors (Lipinski definition) is 5. The second-order valence-electron chi connectivity index (χ2n) is 6.96. The molecule has 0 radical (unpaired) electrons. The minimum absolute atomic E-state index is 0.118. The second-order valence-corrected chi connectivity index (χ2v) is 6.96. The molecule has 7 heteroatoms. The van der Waals surface area contributed by atoms with Crippen LogP contribution < -0.4 is 20.1 Å². The SMILES string of the molecule is CCOc1cc(CCCNC(=O)c2ccn(C3CCCNC3)n2)ccc1OC. The molecule has 2 N–H and O–H groups in total. The first kappa shape index (κ1) is 20.2. The Morgan fingerprint density at radius 1 is 1.36 bits per heavy atom. The number of aryl methyl sites for hydroxylation is 1. The van der Waals surface area contributed by atoms with Gasteiger partial charge in [-0.25, -0.2) is 0 Å². The maximum absolute atomic E-state index is 12.3. The van der Waals surface area contributed by atoms with Crippen LogP contribution in [0.5, 0.6) is 11.5 Å². The highest BCUT2D eigenvalue weighted by Crippen LogP contribution is 2.28. The lowest BCUT2D eigenvalue weighted by molar-refractivity contribution is 0.0947. The van der Waals surface area contributed by atoms with E-state index in [-0.39, 0.29) is 5.91 Å². The van der Waals surface area contributed by atoms with E-state index in [1.54, 1.807) is 13.2 Å². The van der Waals surface area contributed by atoms with Gasteiger partial charge in [0.1, 0.15) is 5.69 Å². The van der Waals surface area contributed by atoms with Crippen molar-refractivity contribution < 1.29 is 14.3 Å². The standard InChI is InChI=1S/C21H30N4O3/c1-3-28-20-14-16(8-9-19(20)27-2)6-4-12-23-21(26)18-10-13-25(24-18)17-7-5-11-22-15-17/h8-10,13-14,17,22H,3-7,11-12,15H2,1-2H3,(H,23,26). The third kappa shape index (κ3) is 5.25. The van der Waals surface area contributed by atoms with E-state index < -0.39 is 0 Å². The summed E-state index contributed by atoms with van der Waals surface area (Å²) in [5.41, 5.74) is 1.64. The van der Waals surface area contributed by atoms with Crippen molar-refractivity contribution in [2.24, 2.45) is 0 Å². The average Bonchev–Trinajstić information content (AvgIpc) is 3.23. The van der Waals surface area contributed by atoms with Crippen LogP contribution in [0.2, 0.25) is 0 Å². The molecule has 1 saturated heterocycles. The fourth-order valence-corrected chi connectivity index (χ4v) is 3.45. The molecule has 3 rings (SSSR count). The number of nitrogens with one attached hydrogen (secondary N) is 2. The van der Waals surface area contributed by atoms with E-state index in [0.717, 1.165) is 55.8 Å². The van der Waals surface area contributed by atoms with Crippen LogP contribution in [-0.4, -0.2) is 49.0 Å². The zero-order chi connectivity index (χ0) is 19.8. The van der Waals surface area contributed by atoms with Gasteiger partial charge in [-0.1, -0.05) is 6.07 Å². The van der Waals surface area contributed by atoms with Gasteiger partial charge in [0.05, 0.1) is 19.8 Å². The zero-order valence-electron chi connectivity index (χ0n) is 16.7. The van der Waals surface area contributed by atoms with Crippen molar-refractivity contribution in [2.75, 3.05) is 33.4 Å². The zero-order valence-corrected chi connectivity index (χ0v) is 16.7. The van der Waals surface area contributed by atoms with Crippen molar-refractivity contribution in [3.8, 4) is 11.5 Å². The number of rotatable bonds is 9. The largest absolute Gasteiger partial charge is 0.493 e. The molecule has 152 valence electrons. The van der Waals surface area contributed by atoms with Crippen LogP contribution in [0.3, 0.4) is 0 Å². The molecule has 7 nitrogen and oxygen atoms in total. The first-order valence-corrected chi connectivity index (χ1v) is 10.0. The Bertz CT molecular complexity index is 769. The van der Waals surface area contributed by atoms with Gasteiger partial charge in [0.25, 0.3) is 5.91 Å². The molecule has 1 amide bonds. The van der Waals surface area contributed by atoms with Gasteiger partial charge in [-0.2, -0.15) is 5.10 Å². The summed E-state index contributed by atoms with van der Waals surface area (Å²) in [6.07, 6.45) is 5.84. The van der Waals surface area contributed by atoms with Crippen molar-refractivity contribution in [3.63, 3.8) is 0 Å². The van der Waals surface area contributed by atoms with Crippen molar-refractivity contribution in [2.45, 2.75) is 38.6 Å². The maximum atomic E-state index is 12.3. The smallest absolute Gasteiger partial charge is 0.271 e. The summed E-state index contributed by atoms with van der Waals surface area (Å²) < 4.78 is 12.8. The van der Waals surface area contributed by atoms with E-state index >= 15 is 0 Å². The van der Waals surface area contributed by atoms with E-state index in [0.29, 0.717) is 24.9 Å². The summed E-state index contributed by atoms with van der Waals surface area (Å²) in [4.78, 5) is 12.3. The third-order valence-corrected chi connectivity index (χ3v) is 4.94. The quantitative estimate of drug-likeness (QED) is 0.648. The fourth-order valence-electron chi connectivity index (χ4n) is 3.45. The van der Waals surface area contributed by atoms with Crippen LogP contribution >= 0.6 is 0 Å². The predicted octanol–water partition coefficient (Wildman–Crippen LogP) is 2.58.